The van der Waals surface area contributed by atoms with Gasteiger partial charge in [-0.15, -0.1) is 11.3 Å². The van der Waals surface area contributed by atoms with Crippen LogP contribution in [0.4, 0.5) is 0 Å². The second-order valence-electron chi connectivity index (χ2n) is 27.6. The van der Waals surface area contributed by atoms with Crippen LogP contribution < -0.4 is 5.46 Å². The van der Waals surface area contributed by atoms with Gasteiger partial charge in [-0.2, -0.15) is 0 Å². The molecule has 0 spiro atoms. The highest BCUT2D eigenvalue weighted by Gasteiger charge is 2.51. The number of furan rings is 1. The maximum atomic E-state index is 6.25. The molecule has 1 saturated heterocycles. The molecular weight excluding hydrogens is 1410 g/mol. The van der Waals surface area contributed by atoms with Crippen molar-refractivity contribution in [3.63, 3.8) is 0 Å². The van der Waals surface area contributed by atoms with Crippen molar-refractivity contribution in [3.8, 4) is 124 Å². The van der Waals surface area contributed by atoms with Crippen molar-refractivity contribution in [2.45, 2.75) is 38.9 Å². The summed E-state index contributed by atoms with van der Waals surface area (Å²) in [6, 6.07) is 121. The SMILES string of the molecule is Brc1cccc2c1oc1c(-c3ccc(-c4ccccc4)cc3)cccc12.CC1(C)OB(c2cccc(-c3nc(-c4ccccc4)nc(-c4ccccc4)n3)c2)OC1(C)C.c1ccc(-c2ccc(-c3cccc4c3sc3c(-c5cccc(-c6nc(-c7ccccc7)nc(-c7ccccc7)n6)c5)cccc34)cc2)cc1. The van der Waals surface area contributed by atoms with E-state index in [0.29, 0.717) is 34.9 Å². The van der Waals surface area contributed by atoms with Gasteiger partial charge in [0, 0.05) is 69.9 Å². The minimum absolute atomic E-state index is 0.401. The summed E-state index contributed by atoms with van der Waals surface area (Å²) < 4.78 is 22.3. The maximum absolute atomic E-state index is 6.25. The Labute approximate surface area is 640 Å². The summed E-state index contributed by atoms with van der Waals surface area (Å²) in [6.07, 6.45) is 0. The van der Waals surface area contributed by atoms with E-state index in [4.69, 9.17) is 43.6 Å². The molecule has 108 heavy (non-hydrogen) atoms. The van der Waals surface area contributed by atoms with E-state index < -0.39 is 18.3 Å². The first kappa shape index (κ1) is 68.7. The van der Waals surface area contributed by atoms with Crippen molar-refractivity contribution in [1.29, 1.82) is 0 Å². The number of aromatic nitrogens is 6. The molecule has 9 nitrogen and oxygen atoms in total. The summed E-state index contributed by atoms with van der Waals surface area (Å²) in [4.78, 5) is 29.2. The van der Waals surface area contributed by atoms with Gasteiger partial charge in [0.25, 0.3) is 0 Å². The van der Waals surface area contributed by atoms with Crippen LogP contribution in [0.25, 0.3) is 166 Å². The number of benzene rings is 14. The van der Waals surface area contributed by atoms with Gasteiger partial charge in [-0.05, 0) is 111 Å². The molecule has 0 amide bonds. The van der Waals surface area contributed by atoms with Crippen LogP contribution in [0.15, 0.2) is 361 Å². The van der Waals surface area contributed by atoms with Crippen LogP contribution in [0.5, 0.6) is 0 Å². The lowest BCUT2D eigenvalue weighted by atomic mass is 9.78. The van der Waals surface area contributed by atoms with Gasteiger partial charge in [-0.25, -0.2) is 29.9 Å². The Morgan fingerprint density at radius 1 is 0.259 bits per heavy atom. The predicted octanol–water partition coefficient (Wildman–Crippen LogP) is 25.1. The highest BCUT2D eigenvalue weighted by Crippen LogP contribution is 2.46. The van der Waals surface area contributed by atoms with Gasteiger partial charge in [0.15, 0.2) is 34.9 Å². The van der Waals surface area contributed by atoms with Gasteiger partial charge in [0.2, 0.25) is 0 Å². The summed E-state index contributed by atoms with van der Waals surface area (Å²) in [5.74, 6) is 3.86. The van der Waals surface area contributed by atoms with Gasteiger partial charge in [-0.3, -0.25) is 0 Å². The number of nitrogens with zero attached hydrogens (tertiary/aromatic N) is 6. The third kappa shape index (κ3) is 14.1. The fourth-order valence-corrected chi connectivity index (χ4v) is 15.6. The molecule has 0 unspecified atom stereocenters. The first-order chi connectivity index (χ1) is 52.9. The quantitative estimate of drug-likeness (QED) is 0.110. The van der Waals surface area contributed by atoms with Crippen LogP contribution in [0.1, 0.15) is 27.7 Å². The Morgan fingerprint density at radius 2 is 0.556 bits per heavy atom. The standard InChI is InChI=1S/C45H29N3S.C27H26BN3O2.C24H15BrO/c1-4-13-30(14-5-1)31-25-27-32(28-26-31)37-21-11-23-39-40-24-12-22-38(42(40)49-41(37)39)35-19-10-20-36(29-35)45-47-43(33-15-6-2-7-16-33)46-44(48-45)34-17-8-3-9-18-34;1-26(2)27(3,4)33-28(32-26)22-17-11-16-21(18-22)25-30-23(19-12-7-5-8-13-19)29-24(31-25)20-14-9-6-10-15-20;25-22-11-5-10-21-20-9-4-8-19(23(20)26-24(21)22)18-14-12-17(13-15-18)16-6-2-1-3-7-16/h1-29H;5-18H,1-4H3;1-15H. The largest absolute Gasteiger partial charge is 0.494 e. The third-order valence-electron chi connectivity index (χ3n) is 20.1. The van der Waals surface area contributed by atoms with Crippen LogP contribution in [0.3, 0.4) is 0 Å². The van der Waals surface area contributed by atoms with E-state index in [1.54, 1.807) is 0 Å². The van der Waals surface area contributed by atoms with Gasteiger partial charge >= 0.3 is 7.12 Å². The zero-order valence-corrected chi connectivity index (χ0v) is 62.2. The first-order valence-corrected chi connectivity index (χ1v) is 37.7. The molecule has 0 saturated carbocycles. The van der Waals surface area contributed by atoms with Crippen molar-refractivity contribution in [3.05, 3.63) is 356 Å². The molecule has 19 rings (SSSR count). The van der Waals surface area contributed by atoms with E-state index in [1.165, 1.54) is 59.1 Å². The molecule has 5 heterocycles. The Balaban J connectivity index is 0.000000126. The smallest absolute Gasteiger partial charge is 0.454 e. The van der Waals surface area contributed by atoms with E-state index in [9.17, 15) is 0 Å². The van der Waals surface area contributed by atoms with E-state index in [2.05, 4.69) is 232 Å². The Bertz CT molecular complexity index is 6120. The summed E-state index contributed by atoms with van der Waals surface area (Å²) in [7, 11) is -0.445. The van der Waals surface area contributed by atoms with Crippen molar-refractivity contribution >= 4 is 82.0 Å². The van der Waals surface area contributed by atoms with Crippen LogP contribution >= 0.6 is 27.3 Å². The average Bonchev–Trinajstić information content (AvgIpc) is 1.60. The van der Waals surface area contributed by atoms with Crippen molar-refractivity contribution < 1.29 is 13.7 Å². The molecule has 1 aliphatic heterocycles. The van der Waals surface area contributed by atoms with E-state index >= 15 is 0 Å². The number of hydrogen-bond donors (Lipinski definition) is 0. The molecule has 4 aromatic heterocycles. The van der Waals surface area contributed by atoms with Crippen molar-refractivity contribution in [2.75, 3.05) is 0 Å². The van der Waals surface area contributed by atoms with Crippen LogP contribution in [0, 0.1) is 0 Å². The topological polar surface area (TPSA) is 109 Å². The number of thiophene rings is 1. The Hall–Kier alpha value is -12.4. The van der Waals surface area contributed by atoms with Gasteiger partial charge in [0.05, 0.1) is 15.7 Å². The number of fused-ring (bicyclic) bond motifs is 6. The summed E-state index contributed by atoms with van der Waals surface area (Å²) in [6.45, 7) is 8.23. The molecule has 1 fully saturated rings. The summed E-state index contributed by atoms with van der Waals surface area (Å²) >= 11 is 5.46. The fraction of sp³-hybridized carbons (Fsp3) is 0.0625. The Morgan fingerprint density at radius 3 is 0.991 bits per heavy atom. The number of para-hydroxylation sites is 2. The monoisotopic (exact) mass is 1480 g/mol. The molecule has 0 atom stereocenters. The van der Waals surface area contributed by atoms with Gasteiger partial charge in [-0.1, -0.05) is 340 Å². The predicted molar refractivity (Wildman–Crippen MR) is 449 cm³/mol. The lowest BCUT2D eigenvalue weighted by Crippen LogP contribution is -2.41. The van der Waals surface area contributed by atoms with E-state index in [-0.39, 0.29) is 0 Å². The van der Waals surface area contributed by atoms with E-state index in [1.807, 2.05) is 175 Å². The highest BCUT2D eigenvalue weighted by molar-refractivity contribution is 9.10. The minimum Gasteiger partial charge on any atom is -0.454 e. The molecule has 18 aromatic rings. The molecule has 1 aliphatic rings. The van der Waals surface area contributed by atoms with Gasteiger partial charge < -0.3 is 13.7 Å². The Kier molecular flexibility index (Phi) is 19.0. The molecule has 0 N–H and O–H groups in total. The van der Waals surface area contributed by atoms with Gasteiger partial charge in [0.1, 0.15) is 11.2 Å². The van der Waals surface area contributed by atoms with Crippen molar-refractivity contribution in [1.82, 2.24) is 29.9 Å². The number of hydrogen-bond acceptors (Lipinski definition) is 10. The maximum Gasteiger partial charge on any atom is 0.494 e. The lowest BCUT2D eigenvalue weighted by molar-refractivity contribution is 0.00578. The zero-order chi connectivity index (χ0) is 73.1. The normalized spacial score (nSPS) is 12.9. The molecule has 0 aliphatic carbocycles. The van der Waals surface area contributed by atoms with Crippen LogP contribution in [0.2, 0.25) is 0 Å². The van der Waals surface area contributed by atoms with Crippen LogP contribution in [-0.2, 0) is 9.31 Å². The number of rotatable bonds is 12. The molecule has 518 valence electrons. The minimum atomic E-state index is -0.445. The zero-order valence-electron chi connectivity index (χ0n) is 59.8. The number of halogens is 1. The van der Waals surface area contributed by atoms with Crippen LogP contribution in [-0.4, -0.2) is 48.2 Å². The molecular formula is C96H70BBrN6O3S. The second kappa shape index (κ2) is 29.9. The highest BCUT2D eigenvalue weighted by atomic mass is 79.9. The molecule has 0 radical (unpaired) electrons. The summed E-state index contributed by atoms with van der Waals surface area (Å²) in [5.41, 5.74) is 19.6. The first-order valence-electron chi connectivity index (χ1n) is 36.1. The van der Waals surface area contributed by atoms with E-state index in [0.717, 1.165) is 81.9 Å². The lowest BCUT2D eigenvalue weighted by Gasteiger charge is -2.32. The summed E-state index contributed by atoms with van der Waals surface area (Å²) in [5, 5.41) is 4.83. The molecule has 0 bridgehead atoms. The average molecular weight is 1480 g/mol. The third-order valence-corrected chi connectivity index (χ3v) is 22.0. The molecule has 14 aromatic carbocycles. The molecule has 12 heteroatoms. The van der Waals surface area contributed by atoms with Crippen molar-refractivity contribution in [2.24, 2.45) is 0 Å². The fourth-order valence-electron chi connectivity index (χ4n) is 13.7. The second-order valence-corrected chi connectivity index (χ2v) is 29.5.